The van der Waals surface area contributed by atoms with Crippen molar-refractivity contribution in [1.29, 1.82) is 0 Å². The fourth-order valence-corrected chi connectivity index (χ4v) is 3.22. The summed E-state index contributed by atoms with van der Waals surface area (Å²) in [6.07, 6.45) is 0.791. The summed E-state index contributed by atoms with van der Waals surface area (Å²) >= 11 is 1.45. The van der Waals surface area contributed by atoms with Gasteiger partial charge >= 0.3 is 0 Å². The minimum atomic E-state index is -0.199. The van der Waals surface area contributed by atoms with Gasteiger partial charge in [0.1, 0.15) is 16.6 Å². The lowest BCUT2D eigenvalue weighted by Gasteiger charge is -2.12. The van der Waals surface area contributed by atoms with E-state index >= 15 is 0 Å². The van der Waals surface area contributed by atoms with Gasteiger partial charge < -0.3 is 10.1 Å². The number of aryl methyl sites for hydroxylation is 2. The van der Waals surface area contributed by atoms with Gasteiger partial charge in [-0.25, -0.2) is 9.97 Å². The molecule has 5 nitrogen and oxygen atoms in total. The second-order valence-electron chi connectivity index (χ2n) is 5.54. The zero-order valence-electron chi connectivity index (χ0n) is 14.5. The highest BCUT2D eigenvalue weighted by Crippen LogP contribution is 2.21. The Morgan fingerprint density at radius 3 is 2.58 bits per heavy atom. The van der Waals surface area contributed by atoms with Crippen LogP contribution in [0.2, 0.25) is 0 Å². The Kier molecular flexibility index (Phi) is 6.61. The third-order valence-electron chi connectivity index (χ3n) is 3.48. The van der Waals surface area contributed by atoms with E-state index in [2.05, 4.69) is 15.3 Å². The molecule has 0 radical (unpaired) electrons. The Hall–Kier alpha value is -2.08. The van der Waals surface area contributed by atoms with Gasteiger partial charge in [-0.05, 0) is 51.0 Å². The Balaban J connectivity index is 1.80. The third-order valence-corrected chi connectivity index (χ3v) is 4.50. The van der Waals surface area contributed by atoms with Crippen LogP contribution in [0.3, 0.4) is 0 Å². The van der Waals surface area contributed by atoms with Crippen molar-refractivity contribution in [3.05, 3.63) is 47.4 Å². The Bertz CT molecular complexity index is 669. The Labute approximate surface area is 147 Å². The van der Waals surface area contributed by atoms with Gasteiger partial charge in [0.25, 0.3) is 0 Å². The first-order valence-corrected chi connectivity index (χ1v) is 8.75. The molecule has 0 bridgehead atoms. The molecule has 2 aromatic rings. The van der Waals surface area contributed by atoms with E-state index in [1.54, 1.807) is 7.11 Å². The molecule has 0 aliphatic heterocycles. The minimum Gasteiger partial charge on any atom is -0.497 e. The standard InChI is InChI=1S/C18H23N3O2S/c1-12-11-17(21-14(3)20-12)24-13(2)18(22)19-10-9-15-5-7-16(23-4)8-6-15/h5-8,11,13H,9-10H2,1-4H3,(H,19,22). The van der Waals surface area contributed by atoms with Crippen molar-refractivity contribution in [3.63, 3.8) is 0 Å². The molecule has 1 unspecified atom stereocenters. The van der Waals surface area contributed by atoms with Crippen LogP contribution in [0.5, 0.6) is 5.75 Å². The molecule has 0 saturated carbocycles. The van der Waals surface area contributed by atoms with Crippen molar-refractivity contribution in [2.24, 2.45) is 0 Å². The number of nitrogens with one attached hydrogen (secondary N) is 1. The molecular weight excluding hydrogens is 322 g/mol. The van der Waals surface area contributed by atoms with Crippen LogP contribution in [0, 0.1) is 13.8 Å². The Morgan fingerprint density at radius 1 is 1.25 bits per heavy atom. The minimum absolute atomic E-state index is 0.0161. The first kappa shape index (κ1) is 18.3. The number of thioether (sulfide) groups is 1. The quantitative estimate of drug-likeness (QED) is 0.617. The highest BCUT2D eigenvalue weighted by molar-refractivity contribution is 8.00. The monoisotopic (exact) mass is 345 g/mol. The number of benzene rings is 1. The highest BCUT2D eigenvalue weighted by atomic mass is 32.2. The average Bonchev–Trinajstić information content (AvgIpc) is 2.54. The number of carbonyl (C=O) groups excluding carboxylic acids is 1. The second kappa shape index (κ2) is 8.68. The van der Waals surface area contributed by atoms with Gasteiger partial charge in [-0.2, -0.15) is 0 Å². The molecule has 24 heavy (non-hydrogen) atoms. The molecule has 1 atom stereocenters. The van der Waals surface area contributed by atoms with Crippen LogP contribution in [0.4, 0.5) is 0 Å². The van der Waals surface area contributed by atoms with Crippen LogP contribution in [0.15, 0.2) is 35.4 Å². The second-order valence-corrected chi connectivity index (χ2v) is 6.91. The summed E-state index contributed by atoms with van der Waals surface area (Å²) in [4.78, 5) is 20.8. The van der Waals surface area contributed by atoms with Gasteiger partial charge in [-0.1, -0.05) is 23.9 Å². The lowest BCUT2D eigenvalue weighted by molar-refractivity contribution is -0.120. The van der Waals surface area contributed by atoms with E-state index in [0.717, 1.165) is 28.7 Å². The first-order valence-electron chi connectivity index (χ1n) is 7.87. The van der Waals surface area contributed by atoms with Crippen molar-refractivity contribution in [2.75, 3.05) is 13.7 Å². The molecule has 0 fully saturated rings. The maximum atomic E-state index is 12.2. The third kappa shape index (κ3) is 5.53. The maximum Gasteiger partial charge on any atom is 0.233 e. The molecule has 1 heterocycles. The number of hydrogen-bond acceptors (Lipinski definition) is 5. The molecule has 6 heteroatoms. The highest BCUT2D eigenvalue weighted by Gasteiger charge is 2.15. The van der Waals surface area contributed by atoms with Crippen LogP contribution in [-0.2, 0) is 11.2 Å². The molecule has 0 aliphatic carbocycles. The molecule has 1 N–H and O–H groups in total. The van der Waals surface area contributed by atoms with Gasteiger partial charge in [0.05, 0.1) is 12.4 Å². The van der Waals surface area contributed by atoms with E-state index < -0.39 is 0 Å². The van der Waals surface area contributed by atoms with Crippen LogP contribution in [0.25, 0.3) is 0 Å². The van der Waals surface area contributed by atoms with Crippen molar-refractivity contribution >= 4 is 17.7 Å². The van der Waals surface area contributed by atoms with Gasteiger partial charge in [0.2, 0.25) is 5.91 Å². The molecular formula is C18H23N3O2S. The van der Waals surface area contributed by atoms with E-state index in [-0.39, 0.29) is 11.2 Å². The lowest BCUT2D eigenvalue weighted by Crippen LogP contribution is -2.32. The zero-order valence-corrected chi connectivity index (χ0v) is 15.3. The van der Waals surface area contributed by atoms with Crippen LogP contribution >= 0.6 is 11.8 Å². The van der Waals surface area contributed by atoms with E-state index in [1.807, 2.05) is 51.1 Å². The summed E-state index contributed by atoms with van der Waals surface area (Å²) in [5.41, 5.74) is 2.08. The van der Waals surface area contributed by atoms with Crippen LogP contribution in [-0.4, -0.2) is 34.8 Å². The number of carbonyl (C=O) groups is 1. The SMILES string of the molecule is COc1ccc(CCNC(=O)C(C)Sc2cc(C)nc(C)n2)cc1. The molecule has 0 spiro atoms. The van der Waals surface area contributed by atoms with Gasteiger partial charge in [0.15, 0.2) is 0 Å². The van der Waals surface area contributed by atoms with E-state index in [4.69, 9.17) is 4.74 Å². The fraction of sp³-hybridized carbons (Fsp3) is 0.389. The molecule has 0 saturated heterocycles. The largest absolute Gasteiger partial charge is 0.497 e. The zero-order chi connectivity index (χ0) is 17.5. The Morgan fingerprint density at radius 2 is 1.96 bits per heavy atom. The molecule has 128 valence electrons. The normalized spacial score (nSPS) is 11.8. The van der Waals surface area contributed by atoms with Crippen LogP contribution in [0.1, 0.15) is 24.0 Å². The lowest BCUT2D eigenvalue weighted by atomic mass is 10.1. The number of rotatable bonds is 7. The summed E-state index contributed by atoms with van der Waals surface area (Å²) < 4.78 is 5.13. The topological polar surface area (TPSA) is 64.1 Å². The predicted molar refractivity (Wildman–Crippen MR) is 96.5 cm³/mol. The smallest absolute Gasteiger partial charge is 0.233 e. The fourth-order valence-electron chi connectivity index (χ4n) is 2.24. The molecule has 1 aromatic carbocycles. The van der Waals surface area contributed by atoms with Gasteiger partial charge in [-0.3, -0.25) is 4.79 Å². The summed E-state index contributed by atoms with van der Waals surface area (Å²) in [5.74, 6) is 1.58. The molecule has 0 aliphatic rings. The number of hydrogen-bond donors (Lipinski definition) is 1. The van der Waals surface area contributed by atoms with Gasteiger partial charge in [0, 0.05) is 12.2 Å². The van der Waals surface area contributed by atoms with Crippen molar-refractivity contribution in [1.82, 2.24) is 15.3 Å². The van der Waals surface area contributed by atoms with Crippen molar-refractivity contribution in [3.8, 4) is 5.75 Å². The molecule has 1 amide bonds. The first-order chi connectivity index (χ1) is 11.5. The summed E-state index contributed by atoms with van der Waals surface area (Å²) in [6.45, 7) is 6.28. The van der Waals surface area contributed by atoms with Gasteiger partial charge in [-0.15, -0.1) is 0 Å². The van der Waals surface area contributed by atoms with Crippen molar-refractivity contribution < 1.29 is 9.53 Å². The predicted octanol–water partition coefficient (Wildman–Crippen LogP) is 2.94. The van der Waals surface area contributed by atoms with E-state index in [1.165, 1.54) is 17.3 Å². The van der Waals surface area contributed by atoms with E-state index in [0.29, 0.717) is 6.54 Å². The van der Waals surface area contributed by atoms with Crippen molar-refractivity contribution in [2.45, 2.75) is 37.5 Å². The number of ether oxygens (including phenoxy) is 1. The number of amides is 1. The maximum absolute atomic E-state index is 12.2. The summed E-state index contributed by atoms with van der Waals surface area (Å²) in [7, 11) is 1.65. The summed E-state index contributed by atoms with van der Waals surface area (Å²) in [6, 6.07) is 9.77. The van der Waals surface area contributed by atoms with E-state index in [9.17, 15) is 4.79 Å². The van der Waals surface area contributed by atoms with Crippen LogP contribution < -0.4 is 10.1 Å². The molecule has 1 aromatic heterocycles. The molecule has 2 rings (SSSR count). The number of nitrogens with zero attached hydrogens (tertiary/aromatic N) is 2. The average molecular weight is 345 g/mol. The summed E-state index contributed by atoms with van der Waals surface area (Å²) in [5, 5.41) is 3.61. The number of aromatic nitrogens is 2. The number of methoxy groups -OCH3 is 1.